The van der Waals surface area contributed by atoms with Crippen molar-refractivity contribution in [3.8, 4) is 0 Å². The SMILES string of the molecule is NC(=O)CC(NC(=O)c1ccc2ncsc2c1)C(=O)O. The number of carboxylic acid groups (broad SMARTS) is 1. The molecule has 1 atom stereocenters. The lowest BCUT2D eigenvalue weighted by Gasteiger charge is -2.12. The van der Waals surface area contributed by atoms with Gasteiger partial charge in [-0.3, -0.25) is 9.59 Å². The normalized spacial score (nSPS) is 12.0. The Morgan fingerprint density at radius 1 is 1.40 bits per heavy atom. The summed E-state index contributed by atoms with van der Waals surface area (Å²) in [6.45, 7) is 0. The molecule has 0 saturated carbocycles. The Bertz CT molecular complexity index is 682. The van der Waals surface area contributed by atoms with Crippen molar-refractivity contribution in [2.24, 2.45) is 5.73 Å². The summed E-state index contributed by atoms with van der Waals surface area (Å²) in [6.07, 6.45) is -0.454. The van der Waals surface area contributed by atoms with Gasteiger partial charge in [0.1, 0.15) is 6.04 Å². The number of primary amides is 1. The second-order valence-electron chi connectivity index (χ2n) is 4.07. The Kier molecular flexibility index (Phi) is 3.94. The molecule has 1 unspecified atom stereocenters. The maximum atomic E-state index is 12.0. The quantitative estimate of drug-likeness (QED) is 0.734. The number of nitrogens with two attached hydrogens (primary N) is 1. The first-order chi connectivity index (χ1) is 9.47. The lowest BCUT2D eigenvalue weighted by molar-refractivity contribution is -0.140. The third-order valence-electron chi connectivity index (χ3n) is 2.60. The summed E-state index contributed by atoms with van der Waals surface area (Å²) >= 11 is 1.37. The second kappa shape index (κ2) is 5.66. The third-order valence-corrected chi connectivity index (χ3v) is 3.39. The lowest BCUT2D eigenvalue weighted by atomic mass is 10.1. The molecule has 0 fully saturated rings. The number of aliphatic carboxylic acids is 1. The van der Waals surface area contributed by atoms with Crippen LogP contribution < -0.4 is 11.1 Å². The predicted molar refractivity (Wildman–Crippen MR) is 72.3 cm³/mol. The van der Waals surface area contributed by atoms with Crippen LogP contribution in [0.15, 0.2) is 23.7 Å². The monoisotopic (exact) mass is 293 g/mol. The van der Waals surface area contributed by atoms with Crippen LogP contribution in [0, 0.1) is 0 Å². The molecule has 8 heteroatoms. The molecular formula is C12H11N3O4S. The first-order valence-electron chi connectivity index (χ1n) is 5.62. The van der Waals surface area contributed by atoms with Crippen LogP contribution in [0.2, 0.25) is 0 Å². The van der Waals surface area contributed by atoms with E-state index in [0.29, 0.717) is 5.56 Å². The molecule has 1 aromatic heterocycles. The smallest absolute Gasteiger partial charge is 0.326 e. The third kappa shape index (κ3) is 3.09. The Labute approximate surface area is 117 Å². The van der Waals surface area contributed by atoms with E-state index in [1.807, 2.05) is 0 Å². The molecule has 2 rings (SSSR count). The first kappa shape index (κ1) is 13.9. The summed E-state index contributed by atoms with van der Waals surface area (Å²) in [4.78, 5) is 37.8. The molecule has 4 N–H and O–H groups in total. The van der Waals surface area contributed by atoms with Crippen LogP contribution in [-0.4, -0.2) is 33.9 Å². The van der Waals surface area contributed by atoms with Crippen molar-refractivity contribution in [2.45, 2.75) is 12.5 Å². The minimum absolute atomic E-state index is 0.303. The van der Waals surface area contributed by atoms with E-state index < -0.39 is 30.2 Å². The molecule has 1 aromatic carbocycles. The van der Waals surface area contributed by atoms with Crippen LogP contribution in [0.3, 0.4) is 0 Å². The maximum Gasteiger partial charge on any atom is 0.326 e. The Balaban J connectivity index is 2.17. The molecule has 104 valence electrons. The van der Waals surface area contributed by atoms with E-state index in [9.17, 15) is 14.4 Å². The zero-order valence-electron chi connectivity index (χ0n) is 10.2. The van der Waals surface area contributed by atoms with Crippen molar-refractivity contribution in [2.75, 3.05) is 0 Å². The molecule has 0 aliphatic rings. The van der Waals surface area contributed by atoms with Gasteiger partial charge in [-0.05, 0) is 18.2 Å². The van der Waals surface area contributed by atoms with Gasteiger partial charge in [0.25, 0.3) is 5.91 Å². The van der Waals surface area contributed by atoms with Crippen LogP contribution in [0.1, 0.15) is 16.8 Å². The Hall–Kier alpha value is -2.48. The first-order valence-corrected chi connectivity index (χ1v) is 6.50. The fourth-order valence-corrected chi connectivity index (χ4v) is 2.36. The van der Waals surface area contributed by atoms with Gasteiger partial charge in [0.2, 0.25) is 5.91 Å². The predicted octanol–water partition coefficient (Wildman–Crippen LogP) is 0.355. The van der Waals surface area contributed by atoms with E-state index in [1.165, 1.54) is 11.3 Å². The minimum Gasteiger partial charge on any atom is -0.480 e. The van der Waals surface area contributed by atoms with Crippen LogP contribution in [-0.2, 0) is 9.59 Å². The topological polar surface area (TPSA) is 122 Å². The summed E-state index contributed by atoms with van der Waals surface area (Å²) in [5, 5.41) is 11.2. The van der Waals surface area contributed by atoms with E-state index in [1.54, 1.807) is 23.7 Å². The van der Waals surface area contributed by atoms with Crippen LogP contribution in [0.5, 0.6) is 0 Å². The molecule has 1 heterocycles. The van der Waals surface area contributed by atoms with Gasteiger partial charge in [-0.1, -0.05) is 0 Å². The Morgan fingerprint density at radius 3 is 2.80 bits per heavy atom. The number of carbonyl (C=O) groups is 3. The van der Waals surface area contributed by atoms with Gasteiger partial charge in [-0.2, -0.15) is 0 Å². The van der Waals surface area contributed by atoms with Crippen molar-refractivity contribution in [1.82, 2.24) is 10.3 Å². The van der Waals surface area contributed by atoms with Crippen LogP contribution >= 0.6 is 11.3 Å². The highest BCUT2D eigenvalue weighted by atomic mass is 32.1. The summed E-state index contributed by atoms with van der Waals surface area (Å²) < 4.78 is 0.819. The standard InChI is InChI=1S/C12H11N3O4S/c13-10(16)4-8(12(18)19)15-11(17)6-1-2-7-9(3-6)20-5-14-7/h1-3,5,8H,4H2,(H2,13,16)(H,15,17)(H,18,19). The number of aromatic nitrogens is 1. The van der Waals surface area contributed by atoms with Crippen molar-refractivity contribution >= 4 is 39.3 Å². The number of amides is 2. The highest BCUT2D eigenvalue weighted by molar-refractivity contribution is 7.16. The number of carboxylic acids is 1. The van der Waals surface area contributed by atoms with Crippen molar-refractivity contribution < 1.29 is 19.5 Å². The van der Waals surface area contributed by atoms with Gasteiger partial charge in [0.05, 0.1) is 22.1 Å². The number of nitrogens with one attached hydrogen (secondary N) is 1. The summed E-state index contributed by atoms with van der Waals surface area (Å²) in [5.41, 5.74) is 7.66. The minimum atomic E-state index is -1.34. The van der Waals surface area contributed by atoms with Gasteiger partial charge in [-0.25, -0.2) is 9.78 Å². The second-order valence-corrected chi connectivity index (χ2v) is 4.96. The van der Waals surface area contributed by atoms with E-state index >= 15 is 0 Å². The molecule has 2 aromatic rings. The highest BCUT2D eigenvalue weighted by Gasteiger charge is 2.22. The van der Waals surface area contributed by atoms with E-state index in [4.69, 9.17) is 10.8 Å². The van der Waals surface area contributed by atoms with Gasteiger partial charge in [0.15, 0.2) is 0 Å². The number of carbonyl (C=O) groups excluding carboxylic acids is 2. The summed E-state index contributed by atoms with van der Waals surface area (Å²) in [7, 11) is 0. The molecule has 0 bridgehead atoms. The van der Waals surface area contributed by atoms with E-state index in [2.05, 4.69) is 10.3 Å². The maximum absolute atomic E-state index is 12.0. The highest BCUT2D eigenvalue weighted by Crippen LogP contribution is 2.19. The van der Waals surface area contributed by atoms with Crippen molar-refractivity contribution in [1.29, 1.82) is 0 Å². The Morgan fingerprint density at radius 2 is 2.15 bits per heavy atom. The largest absolute Gasteiger partial charge is 0.480 e. The molecule has 0 radical (unpaired) electrons. The molecule has 0 spiro atoms. The molecule has 2 amide bonds. The number of nitrogens with zero attached hydrogens (tertiary/aromatic N) is 1. The molecular weight excluding hydrogens is 282 g/mol. The molecule has 0 aliphatic heterocycles. The lowest BCUT2D eigenvalue weighted by Crippen LogP contribution is -2.43. The van der Waals surface area contributed by atoms with Gasteiger partial charge in [-0.15, -0.1) is 11.3 Å². The van der Waals surface area contributed by atoms with Gasteiger partial charge in [0, 0.05) is 5.56 Å². The van der Waals surface area contributed by atoms with E-state index in [-0.39, 0.29) is 0 Å². The fraction of sp³-hybridized carbons (Fsp3) is 0.167. The number of hydrogen-bond donors (Lipinski definition) is 3. The number of benzene rings is 1. The molecule has 20 heavy (non-hydrogen) atoms. The van der Waals surface area contributed by atoms with Gasteiger partial charge < -0.3 is 16.2 Å². The summed E-state index contributed by atoms with van der Waals surface area (Å²) in [5.74, 6) is -2.68. The van der Waals surface area contributed by atoms with Crippen LogP contribution in [0.4, 0.5) is 0 Å². The number of rotatable bonds is 5. The summed E-state index contributed by atoms with van der Waals surface area (Å²) in [6, 6.07) is 3.49. The van der Waals surface area contributed by atoms with Crippen LogP contribution in [0.25, 0.3) is 10.2 Å². The number of fused-ring (bicyclic) bond motifs is 1. The zero-order chi connectivity index (χ0) is 14.7. The average Bonchev–Trinajstić information content (AvgIpc) is 2.84. The van der Waals surface area contributed by atoms with E-state index in [0.717, 1.165) is 10.2 Å². The number of thiazole rings is 1. The number of hydrogen-bond acceptors (Lipinski definition) is 5. The van der Waals surface area contributed by atoms with Gasteiger partial charge >= 0.3 is 5.97 Å². The molecule has 0 saturated heterocycles. The van der Waals surface area contributed by atoms with Crippen molar-refractivity contribution in [3.63, 3.8) is 0 Å². The molecule has 7 nitrogen and oxygen atoms in total. The fourth-order valence-electron chi connectivity index (χ4n) is 1.64. The zero-order valence-corrected chi connectivity index (χ0v) is 11.0. The van der Waals surface area contributed by atoms with Crippen molar-refractivity contribution in [3.05, 3.63) is 29.3 Å². The average molecular weight is 293 g/mol. The molecule has 0 aliphatic carbocycles.